The molecule has 2 atom stereocenters. The molecule has 1 aliphatic rings. The Morgan fingerprint density at radius 1 is 1.53 bits per heavy atom. The molecule has 0 N–H and O–H groups in total. The second-order valence-corrected chi connectivity index (χ2v) is 5.43. The van der Waals surface area contributed by atoms with Crippen LogP contribution in [-0.4, -0.2) is 5.78 Å². The van der Waals surface area contributed by atoms with Crippen LogP contribution in [0.2, 0.25) is 0 Å². The molecule has 1 aromatic rings. The van der Waals surface area contributed by atoms with Crippen molar-refractivity contribution in [2.24, 2.45) is 17.8 Å². The molecule has 0 bridgehead atoms. The lowest BCUT2D eigenvalue weighted by molar-refractivity contribution is -0.122. The van der Waals surface area contributed by atoms with Crippen molar-refractivity contribution < 1.29 is 9.21 Å². The van der Waals surface area contributed by atoms with Gasteiger partial charge in [-0.05, 0) is 29.9 Å². The fourth-order valence-corrected chi connectivity index (χ4v) is 2.63. The van der Waals surface area contributed by atoms with E-state index >= 15 is 0 Å². The highest BCUT2D eigenvalue weighted by Gasteiger charge is 2.33. The van der Waals surface area contributed by atoms with E-state index in [9.17, 15) is 4.79 Å². The number of rotatable bonds is 4. The minimum absolute atomic E-state index is 0.0648. The van der Waals surface area contributed by atoms with Crippen LogP contribution in [0.4, 0.5) is 0 Å². The van der Waals surface area contributed by atoms with Crippen LogP contribution in [0.1, 0.15) is 39.2 Å². The van der Waals surface area contributed by atoms with Crippen LogP contribution in [0.15, 0.2) is 29.1 Å². The molecule has 0 amide bonds. The second kappa shape index (κ2) is 4.91. The molecule has 0 fully saturated rings. The van der Waals surface area contributed by atoms with Gasteiger partial charge in [0, 0.05) is 17.9 Å². The summed E-state index contributed by atoms with van der Waals surface area (Å²) in [6, 6.07) is 1.94. The number of furan rings is 1. The zero-order chi connectivity index (χ0) is 12.4. The molecule has 0 radical (unpaired) electrons. The number of ketones is 1. The smallest absolute Gasteiger partial charge is 0.140 e. The van der Waals surface area contributed by atoms with Crippen LogP contribution < -0.4 is 0 Å². The van der Waals surface area contributed by atoms with Crippen LogP contribution in [0.25, 0.3) is 5.57 Å². The van der Waals surface area contributed by atoms with Crippen LogP contribution in [0.5, 0.6) is 0 Å². The van der Waals surface area contributed by atoms with Gasteiger partial charge in [-0.3, -0.25) is 4.79 Å². The van der Waals surface area contributed by atoms with E-state index in [1.54, 1.807) is 12.5 Å². The summed E-state index contributed by atoms with van der Waals surface area (Å²) in [5.41, 5.74) is 2.23. The van der Waals surface area contributed by atoms with Crippen molar-refractivity contribution in [3.8, 4) is 0 Å². The zero-order valence-electron chi connectivity index (χ0n) is 10.8. The molecule has 0 spiro atoms. The van der Waals surface area contributed by atoms with Gasteiger partial charge in [-0.2, -0.15) is 0 Å². The molecule has 92 valence electrons. The van der Waals surface area contributed by atoms with Crippen LogP contribution >= 0.6 is 0 Å². The predicted octanol–water partition coefficient (Wildman–Crippen LogP) is 3.93. The Bertz CT molecular complexity index is 412. The van der Waals surface area contributed by atoms with Crippen molar-refractivity contribution in [3.63, 3.8) is 0 Å². The van der Waals surface area contributed by atoms with Crippen molar-refractivity contribution in [3.05, 3.63) is 30.2 Å². The SMILES string of the molecule is CC(C)CC(=O)[C@@H]1C(c2ccoc2)=CC[C@@H]1C. The lowest BCUT2D eigenvalue weighted by Crippen LogP contribution is -2.21. The summed E-state index contributed by atoms with van der Waals surface area (Å²) in [4.78, 5) is 12.3. The molecule has 2 nitrogen and oxygen atoms in total. The zero-order valence-corrected chi connectivity index (χ0v) is 10.8. The number of Topliss-reactive ketones (excluding diaryl/α,β-unsaturated/α-hetero) is 1. The Morgan fingerprint density at radius 2 is 2.29 bits per heavy atom. The Balaban J connectivity index is 2.19. The quantitative estimate of drug-likeness (QED) is 0.787. The lowest BCUT2D eigenvalue weighted by atomic mass is 9.83. The average Bonchev–Trinajstić information content (AvgIpc) is 2.84. The van der Waals surface area contributed by atoms with Gasteiger partial charge in [0.15, 0.2) is 0 Å². The topological polar surface area (TPSA) is 30.2 Å². The van der Waals surface area contributed by atoms with Crippen LogP contribution in [-0.2, 0) is 4.79 Å². The third-order valence-corrected chi connectivity index (χ3v) is 3.42. The van der Waals surface area contributed by atoms with Crippen molar-refractivity contribution >= 4 is 11.4 Å². The Kier molecular flexibility index (Phi) is 3.51. The van der Waals surface area contributed by atoms with E-state index in [4.69, 9.17) is 4.42 Å². The summed E-state index contributed by atoms with van der Waals surface area (Å²) in [6.45, 7) is 6.35. The number of hydrogen-bond acceptors (Lipinski definition) is 2. The molecule has 17 heavy (non-hydrogen) atoms. The molecule has 0 aliphatic heterocycles. The van der Waals surface area contributed by atoms with Crippen molar-refractivity contribution in [1.29, 1.82) is 0 Å². The highest BCUT2D eigenvalue weighted by molar-refractivity contribution is 5.94. The summed E-state index contributed by atoms with van der Waals surface area (Å²) in [6.07, 6.45) is 7.26. The average molecular weight is 232 g/mol. The van der Waals surface area contributed by atoms with E-state index in [2.05, 4.69) is 26.8 Å². The molecule has 1 heterocycles. The van der Waals surface area contributed by atoms with Crippen molar-refractivity contribution in [1.82, 2.24) is 0 Å². The summed E-state index contributed by atoms with van der Waals surface area (Å²) < 4.78 is 5.12. The molecule has 2 rings (SSSR count). The van der Waals surface area contributed by atoms with E-state index in [1.807, 2.05) is 6.07 Å². The number of hydrogen-bond donors (Lipinski definition) is 0. The monoisotopic (exact) mass is 232 g/mol. The molecule has 0 aromatic carbocycles. The highest BCUT2D eigenvalue weighted by Crippen LogP contribution is 2.39. The molecule has 1 aromatic heterocycles. The first-order chi connectivity index (χ1) is 8.09. The molecule has 2 heteroatoms. The predicted molar refractivity (Wildman–Crippen MR) is 68.4 cm³/mol. The molecular weight excluding hydrogens is 212 g/mol. The van der Waals surface area contributed by atoms with Gasteiger partial charge < -0.3 is 4.42 Å². The van der Waals surface area contributed by atoms with Gasteiger partial charge in [0.05, 0.1) is 12.5 Å². The third-order valence-electron chi connectivity index (χ3n) is 3.42. The minimum atomic E-state index is 0.0648. The van der Waals surface area contributed by atoms with E-state index in [0.29, 0.717) is 24.0 Å². The van der Waals surface area contributed by atoms with Gasteiger partial charge in [0.2, 0.25) is 0 Å². The van der Waals surface area contributed by atoms with Gasteiger partial charge in [0.25, 0.3) is 0 Å². The third kappa shape index (κ3) is 2.51. The Morgan fingerprint density at radius 3 is 2.88 bits per heavy atom. The first-order valence-electron chi connectivity index (χ1n) is 6.35. The minimum Gasteiger partial charge on any atom is -0.472 e. The van der Waals surface area contributed by atoms with Crippen molar-refractivity contribution in [2.45, 2.75) is 33.6 Å². The molecule has 1 aliphatic carbocycles. The van der Waals surface area contributed by atoms with Crippen LogP contribution in [0, 0.1) is 17.8 Å². The number of allylic oxidation sites excluding steroid dienone is 2. The maximum Gasteiger partial charge on any atom is 0.140 e. The first kappa shape index (κ1) is 12.2. The Hall–Kier alpha value is -1.31. The maximum absolute atomic E-state index is 12.3. The lowest BCUT2D eigenvalue weighted by Gasteiger charge is -2.19. The summed E-state index contributed by atoms with van der Waals surface area (Å²) in [5, 5.41) is 0. The fraction of sp³-hybridized carbons (Fsp3) is 0.533. The molecule has 0 saturated heterocycles. The van der Waals surface area contributed by atoms with E-state index in [-0.39, 0.29) is 5.92 Å². The summed E-state index contributed by atoms with van der Waals surface area (Å²) >= 11 is 0. The van der Waals surface area contributed by atoms with Gasteiger partial charge in [-0.25, -0.2) is 0 Å². The normalized spacial score (nSPS) is 24.1. The number of carbonyl (C=O) groups is 1. The molecule has 0 saturated carbocycles. The maximum atomic E-state index is 12.3. The number of carbonyl (C=O) groups excluding carboxylic acids is 1. The van der Waals surface area contributed by atoms with E-state index in [0.717, 1.165) is 17.6 Å². The second-order valence-electron chi connectivity index (χ2n) is 5.43. The molecule has 0 unspecified atom stereocenters. The van der Waals surface area contributed by atoms with Gasteiger partial charge in [-0.1, -0.05) is 26.8 Å². The first-order valence-corrected chi connectivity index (χ1v) is 6.35. The largest absolute Gasteiger partial charge is 0.472 e. The summed E-state index contributed by atoms with van der Waals surface area (Å²) in [5.74, 6) is 1.29. The molecular formula is C15H20O2. The Labute approximate surface area is 103 Å². The van der Waals surface area contributed by atoms with Gasteiger partial charge in [0.1, 0.15) is 5.78 Å². The van der Waals surface area contributed by atoms with E-state index < -0.39 is 0 Å². The fourth-order valence-electron chi connectivity index (χ4n) is 2.63. The highest BCUT2D eigenvalue weighted by atomic mass is 16.3. The van der Waals surface area contributed by atoms with Crippen molar-refractivity contribution in [2.75, 3.05) is 0 Å². The summed E-state index contributed by atoms with van der Waals surface area (Å²) in [7, 11) is 0. The van der Waals surface area contributed by atoms with Gasteiger partial charge >= 0.3 is 0 Å². The van der Waals surface area contributed by atoms with Gasteiger partial charge in [-0.15, -0.1) is 0 Å². The van der Waals surface area contributed by atoms with Crippen LogP contribution in [0.3, 0.4) is 0 Å². The van der Waals surface area contributed by atoms with E-state index in [1.165, 1.54) is 0 Å². The standard InChI is InChI=1S/C15H20O2/c1-10(2)8-14(16)15-11(3)4-5-13(15)12-6-7-17-9-12/h5-7,9-11,15H,4,8H2,1-3H3/t11-,15-/m0/s1.